The summed E-state index contributed by atoms with van der Waals surface area (Å²) in [5.74, 6) is -0.813. The average molecular weight is 427 g/mol. The molecule has 28 heavy (non-hydrogen) atoms. The minimum Gasteiger partial charge on any atom is -0.365 e. The summed E-state index contributed by atoms with van der Waals surface area (Å²) in [4.78, 5) is 40.3. The molecule has 3 atom stereocenters. The Morgan fingerprint density at radius 1 is 1.25 bits per heavy atom. The van der Waals surface area contributed by atoms with E-state index < -0.39 is 23.4 Å². The molecule has 1 aromatic carbocycles. The molecule has 2 saturated heterocycles. The molecule has 2 aliphatic rings. The third kappa shape index (κ3) is 4.20. The summed E-state index contributed by atoms with van der Waals surface area (Å²) >= 11 is 12.2. The average Bonchev–Trinajstić information content (AvgIpc) is 2.84. The molecule has 0 spiro atoms. The second-order valence-electron chi connectivity index (χ2n) is 7.80. The molecule has 0 aliphatic carbocycles. The van der Waals surface area contributed by atoms with Crippen LogP contribution in [0.4, 0.5) is 10.5 Å². The molecular weight excluding hydrogens is 403 g/mol. The number of hydrogen-bond acceptors (Lipinski definition) is 4. The van der Waals surface area contributed by atoms with Gasteiger partial charge in [0.25, 0.3) is 5.91 Å². The maximum Gasteiger partial charge on any atom is 0.322 e. The molecule has 0 radical (unpaired) electrons. The molecule has 3 unspecified atom stereocenters. The van der Waals surface area contributed by atoms with Crippen molar-refractivity contribution in [3.05, 3.63) is 28.2 Å². The maximum absolute atomic E-state index is 12.9. The van der Waals surface area contributed by atoms with Gasteiger partial charge in [0, 0.05) is 47.3 Å². The van der Waals surface area contributed by atoms with E-state index in [9.17, 15) is 14.4 Å². The van der Waals surface area contributed by atoms with Gasteiger partial charge in [-0.2, -0.15) is 0 Å². The largest absolute Gasteiger partial charge is 0.365 e. The van der Waals surface area contributed by atoms with Crippen LogP contribution in [0.2, 0.25) is 10.0 Å². The summed E-state index contributed by atoms with van der Waals surface area (Å²) in [7, 11) is 0. The fourth-order valence-corrected chi connectivity index (χ4v) is 4.50. The summed E-state index contributed by atoms with van der Waals surface area (Å²) in [6, 6.07) is 4.99. The lowest BCUT2D eigenvalue weighted by molar-refractivity contribution is -0.137. The van der Waals surface area contributed by atoms with Crippen molar-refractivity contribution in [1.82, 2.24) is 15.5 Å². The normalized spacial score (nSPS) is 26.1. The van der Waals surface area contributed by atoms with Gasteiger partial charge in [-0.25, -0.2) is 4.79 Å². The van der Waals surface area contributed by atoms with E-state index in [1.165, 1.54) is 0 Å². The number of nitrogens with one attached hydrogen (secondary N) is 2. The van der Waals surface area contributed by atoms with Crippen molar-refractivity contribution in [2.75, 3.05) is 24.5 Å². The van der Waals surface area contributed by atoms with E-state index in [2.05, 4.69) is 15.5 Å². The number of hydrogen-bond donors (Lipinski definition) is 2. The van der Waals surface area contributed by atoms with Gasteiger partial charge in [-0.3, -0.25) is 14.9 Å². The number of piperazine rings is 1. The smallest absolute Gasteiger partial charge is 0.322 e. The first kappa shape index (κ1) is 20.7. The van der Waals surface area contributed by atoms with E-state index in [0.29, 0.717) is 29.7 Å². The molecule has 1 aromatic rings. The fraction of sp³-hybridized carbons (Fsp3) is 0.526. The van der Waals surface area contributed by atoms with E-state index in [-0.39, 0.29) is 18.4 Å². The van der Waals surface area contributed by atoms with E-state index in [0.717, 1.165) is 5.69 Å². The molecule has 2 N–H and O–H groups in total. The van der Waals surface area contributed by atoms with Gasteiger partial charge >= 0.3 is 6.03 Å². The molecule has 4 amide bonds. The number of benzene rings is 1. The fourth-order valence-electron chi connectivity index (χ4n) is 3.98. The van der Waals surface area contributed by atoms with Gasteiger partial charge in [-0.1, -0.05) is 30.1 Å². The van der Waals surface area contributed by atoms with E-state index in [1.807, 2.05) is 24.0 Å². The van der Waals surface area contributed by atoms with Crippen LogP contribution in [0.5, 0.6) is 0 Å². The van der Waals surface area contributed by atoms with Crippen molar-refractivity contribution in [3.63, 3.8) is 0 Å². The third-order valence-electron chi connectivity index (χ3n) is 5.37. The first-order valence-corrected chi connectivity index (χ1v) is 10.00. The zero-order valence-electron chi connectivity index (χ0n) is 16.1. The van der Waals surface area contributed by atoms with Crippen LogP contribution in [0.15, 0.2) is 18.2 Å². The number of nitrogens with zero attached hydrogens (tertiary/aromatic N) is 2. The zero-order chi connectivity index (χ0) is 20.6. The SMILES string of the molecule is CC(CC1(C)NC(=O)NC1=O)C(=O)N1CCN(c2cc(Cl)cc(Cl)c2)C(C)C1. The predicted molar refractivity (Wildman–Crippen MR) is 109 cm³/mol. The monoisotopic (exact) mass is 426 g/mol. The number of carbonyl (C=O) groups excluding carboxylic acids is 3. The Morgan fingerprint density at radius 3 is 2.43 bits per heavy atom. The highest BCUT2D eigenvalue weighted by molar-refractivity contribution is 6.35. The minimum absolute atomic E-state index is 0.0224. The second kappa shape index (κ2) is 7.79. The van der Waals surface area contributed by atoms with Crippen molar-refractivity contribution in [1.29, 1.82) is 0 Å². The van der Waals surface area contributed by atoms with Gasteiger partial charge < -0.3 is 15.1 Å². The van der Waals surface area contributed by atoms with Crippen LogP contribution in [-0.4, -0.2) is 54.0 Å². The van der Waals surface area contributed by atoms with E-state index in [1.54, 1.807) is 19.9 Å². The number of anilines is 1. The molecule has 0 bridgehead atoms. The Balaban J connectivity index is 1.63. The van der Waals surface area contributed by atoms with E-state index in [4.69, 9.17) is 23.2 Å². The van der Waals surface area contributed by atoms with Crippen molar-refractivity contribution < 1.29 is 14.4 Å². The lowest BCUT2D eigenvalue weighted by atomic mass is 9.89. The molecule has 2 aliphatic heterocycles. The van der Waals surface area contributed by atoms with Crippen LogP contribution in [0.3, 0.4) is 0 Å². The van der Waals surface area contributed by atoms with E-state index >= 15 is 0 Å². The first-order valence-electron chi connectivity index (χ1n) is 9.24. The van der Waals surface area contributed by atoms with Crippen molar-refractivity contribution >= 4 is 46.7 Å². The van der Waals surface area contributed by atoms with Crippen molar-refractivity contribution in [3.8, 4) is 0 Å². The van der Waals surface area contributed by atoms with Crippen LogP contribution in [0.25, 0.3) is 0 Å². The van der Waals surface area contributed by atoms with Crippen LogP contribution < -0.4 is 15.5 Å². The topological polar surface area (TPSA) is 81.8 Å². The van der Waals surface area contributed by atoms with Gasteiger partial charge in [-0.15, -0.1) is 0 Å². The lowest BCUT2D eigenvalue weighted by Crippen LogP contribution is -2.55. The van der Waals surface area contributed by atoms with Crippen LogP contribution in [0, 0.1) is 5.92 Å². The number of urea groups is 1. The Kier molecular flexibility index (Phi) is 5.77. The Hall–Kier alpha value is -1.99. The Bertz CT molecular complexity index is 798. The summed E-state index contributed by atoms with van der Waals surface area (Å²) in [5, 5.41) is 5.99. The summed E-state index contributed by atoms with van der Waals surface area (Å²) in [6.07, 6.45) is 0.252. The summed E-state index contributed by atoms with van der Waals surface area (Å²) < 4.78 is 0. The summed E-state index contributed by atoms with van der Waals surface area (Å²) in [5.41, 5.74) is -0.125. The number of rotatable bonds is 4. The van der Waals surface area contributed by atoms with Gasteiger partial charge in [-0.05, 0) is 38.5 Å². The predicted octanol–water partition coefficient (Wildman–Crippen LogP) is 2.65. The molecule has 0 aromatic heterocycles. The third-order valence-corrected chi connectivity index (χ3v) is 5.81. The molecule has 2 fully saturated rings. The van der Waals surface area contributed by atoms with Crippen LogP contribution in [-0.2, 0) is 9.59 Å². The molecule has 152 valence electrons. The maximum atomic E-state index is 12.9. The van der Waals surface area contributed by atoms with Gasteiger partial charge in [0.2, 0.25) is 5.91 Å². The number of carbonyl (C=O) groups is 3. The van der Waals surface area contributed by atoms with Crippen molar-refractivity contribution in [2.24, 2.45) is 5.92 Å². The number of amides is 4. The van der Waals surface area contributed by atoms with Gasteiger partial charge in [0.05, 0.1) is 0 Å². The van der Waals surface area contributed by atoms with Crippen molar-refractivity contribution in [2.45, 2.75) is 38.8 Å². The molecule has 3 rings (SSSR count). The highest BCUT2D eigenvalue weighted by Gasteiger charge is 2.44. The number of imide groups is 1. The second-order valence-corrected chi connectivity index (χ2v) is 8.67. The Labute approximate surface area is 174 Å². The molecule has 7 nitrogen and oxygen atoms in total. The highest BCUT2D eigenvalue weighted by atomic mass is 35.5. The zero-order valence-corrected chi connectivity index (χ0v) is 17.6. The van der Waals surface area contributed by atoms with Crippen LogP contribution in [0.1, 0.15) is 27.2 Å². The first-order chi connectivity index (χ1) is 13.1. The Morgan fingerprint density at radius 2 is 1.89 bits per heavy atom. The summed E-state index contributed by atoms with van der Waals surface area (Å²) in [6.45, 7) is 7.25. The molecule has 0 saturated carbocycles. The quantitative estimate of drug-likeness (QED) is 0.724. The van der Waals surface area contributed by atoms with Gasteiger partial charge in [0.1, 0.15) is 5.54 Å². The molecule has 9 heteroatoms. The van der Waals surface area contributed by atoms with Gasteiger partial charge in [0.15, 0.2) is 0 Å². The highest BCUT2D eigenvalue weighted by Crippen LogP contribution is 2.29. The molecule has 2 heterocycles. The molecular formula is C19H24Cl2N4O3. The lowest BCUT2D eigenvalue weighted by Gasteiger charge is -2.42. The number of halogens is 2. The minimum atomic E-state index is -1.06. The van der Waals surface area contributed by atoms with Crippen LogP contribution >= 0.6 is 23.2 Å². The standard InChI is InChI=1S/C19H24Cl2N4O3/c1-11(9-19(3)17(27)22-18(28)23-19)16(26)24-4-5-25(12(2)10-24)15-7-13(20)6-14(21)8-15/h6-8,11-12H,4-5,9-10H2,1-3H3,(H2,22,23,27,28).